The van der Waals surface area contributed by atoms with Crippen molar-refractivity contribution in [1.82, 2.24) is 4.90 Å². The van der Waals surface area contributed by atoms with E-state index in [1.807, 2.05) is 24.3 Å². The van der Waals surface area contributed by atoms with E-state index in [4.69, 9.17) is 11.6 Å². The molecule has 1 amide bonds. The fourth-order valence-corrected chi connectivity index (χ4v) is 4.94. The van der Waals surface area contributed by atoms with Crippen LogP contribution in [0.3, 0.4) is 0 Å². The molecule has 1 saturated heterocycles. The van der Waals surface area contributed by atoms with Crippen molar-refractivity contribution in [3.63, 3.8) is 0 Å². The molecule has 0 bridgehead atoms. The molecule has 0 aromatic heterocycles. The number of carbonyl (C=O) groups excluding carboxylic acids is 1. The third kappa shape index (κ3) is 3.50. The Hall–Kier alpha value is -2.42. The van der Waals surface area contributed by atoms with Gasteiger partial charge >= 0.3 is 0 Å². The lowest BCUT2D eigenvalue weighted by Crippen LogP contribution is -2.47. The van der Waals surface area contributed by atoms with E-state index in [9.17, 15) is 10.1 Å². The average molecular weight is 410 g/mol. The Bertz CT molecular complexity index is 963. The molecule has 1 atom stereocenters. The van der Waals surface area contributed by atoms with Crippen molar-refractivity contribution in [2.24, 2.45) is 0 Å². The first-order valence-corrected chi connectivity index (χ1v) is 10.6. The van der Waals surface area contributed by atoms with E-state index in [0.29, 0.717) is 29.6 Å². The molecule has 0 radical (unpaired) electrons. The van der Waals surface area contributed by atoms with Gasteiger partial charge in [-0.1, -0.05) is 54.6 Å². The zero-order chi connectivity index (χ0) is 19.7. The molecule has 0 unspecified atom stereocenters. The number of halogens is 1. The maximum atomic E-state index is 12.9. The van der Waals surface area contributed by atoms with Crippen LogP contribution in [0.4, 0.5) is 5.69 Å². The van der Waals surface area contributed by atoms with Crippen molar-refractivity contribution < 1.29 is 4.79 Å². The van der Waals surface area contributed by atoms with Gasteiger partial charge in [0, 0.05) is 23.0 Å². The van der Waals surface area contributed by atoms with Crippen LogP contribution in [0.2, 0.25) is 5.02 Å². The Kier molecular flexibility index (Phi) is 5.34. The van der Waals surface area contributed by atoms with Gasteiger partial charge in [0.15, 0.2) is 0 Å². The molecule has 0 aliphatic carbocycles. The van der Waals surface area contributed by atoms with Gasteiger partial charge in [-0.15, -0.1) is 0 Å². The van der Waals surface area contributed by atoms with E-state index in [2.05, 4.69) is 42.2 Å². The largest absolute Gasteiger partial charge is 0.344 e. The molecular formula is C22H20ClN3OS. The van der Waals surface area contributed by atoms with Crippen molar-refractivity contribution in [2.75, 3.05) is 17.4 Å². The monoisotopic (exact) mass is 409 g/mol. The summed E-state index contributed by atoms with van der Waals surface area (Å²) in [6.07, 6.45) is 1.31. The number of anilines is 1. The molecule has 2 aromatic rings. The number of carbonyl (C=O) groups is 1. The summed E-state index contributed by atoms with van der Waals surface area (Å²) < 4.78 is 0. The molecule has 2 aromatic carbocycles. The summed E-state index contributed by atoms with van der Waals surface area (Å²) in [6.45, 7) is 2.61. The first-order chi connectivity index (χ1) is 13.6. The van der Waals surface area contributed by atoms with Gasteiger partial charge in [0.05, 0.1) is 29.2 Å². The lowest BCUT2D eigenvalue weighted by molar-refractivity contribution is -0.129. The van der Waals surface area contributed by atoms with E-state index in [1.54, 1.807) is 16.7 Å². The lowest BCUT2D eigenvalue weighted by atomic mass is 9.86. The Morgan fingerprint density at radius 2 is 1.89 bits per heavy atom. The molecule has 6 heteroatoms. The van der Waals surface area contributed by atoms with Crippen LogP contribution in [0.1, 0.15) is 30.4 Å². The number of aryl methyl sites for hydroxylation is 1. The molecule has 0 N–H and O–H groups in total. The molecule has 0 spiro atoms. The first kappa shape index (κ1) is 18.9. The molecule has 4 nitrogen and oxygen atoms in total. The first-order valence-electron chi connectivity index (χ1n) is 9.27. The highest BCUT2D eigenvalue weighted by atomic mass is 35.5. The minimum atomic E-state index is -0.205. The summed E-state index contributed by atoms with van der Waals surface area (Å²) in [6, 6.07) is 18.3. The third-order valence-corrected chi connectivity index (χ3v) is 6.68. The van der Waals surface area contributed by atoms with Crippen LogP contribution in [0.15, 0.2) is 59.1 Å². The number of nitriles is 1. The molecular weight excluding hydrogens is 390 g/mol. The lowest BCUT2D eigenvalue weighted by Gasteiger charge is -2.42. The third-order valence-electron chi connectivity index (χ3n) is 5.28. The van der Waals surface area contributed by atoms with E-state index >= 15 is 0 Å². The van der Waals surface area contributed by atoms with Gasteiger partial charge in [0.2, 0.25) is 5.91 Å². The van der Waals surface area contributed by atoms with Crippen LogP contribution in [-0.2, 0) is 11.2 Å². The average Bonchev–Trinajstić information content (AvgIpc) is 2.74. The molecule has 142 valence electrons. The van der Waals surface area contributed by atoms with E-state index in [0.717, 1.165) is 22.7 Å². The van der Waals surface area contributed by atoms with E-state index in [-0.39, 0.29) is 11.8 Å². The van der Waals surface area contributed by atoms with Crippen molar-refractivity contribution in [3.8, 4) is 6.07 Å². The summed E-state index contributed by atoms with van der Waals surface area (Å²) in [4.78, 5) is 16.9. The Morgan fingerprint density at radius 1 is 1.18 bits per heavy atom. The normalized spacial score (nSPS) is 19.5. The second-order valence-corrected chi connectivity index (χ2v) is 8.31. The molecule has 1 fully saturated rings. The van der Waals surface area contributed by atoms with Crippen molar-refractivity contribution in [3.05, 3.63) is 75.3 Å². The van der Waals surface area contributed by atoms with Gasteiger partial charge in [-0.05, 0) is 41.8 Å². The zero-order valence-electron chi connectivity index (χ0n) is 15.6. The van der Waals surface area contributed by atoms with E-state index < -0.39 is 0 Å². The highest BCUT2D eigenvalue weighted by Crippen LogP contribution is 2.43. The SMILES string of the molecule is CCc1ccc(N2CSC3=C(C#N)[C@H](c4ccc(Cl)cc4)CC(=O)N3C2)cc1. The number of amides is 1. The number of thioether (sulfide) groups is 1. The van der Waals surface area contributed by atoms with Crippen LogP contribution in [0.25, 0.3) is 0 Å². The summed E-state index contributed by atoms with van der Waals surface area (Å²) in [7, 11) is 0. The van der Waals surface area contributed by atoms with Crippen LogP contribution in [0.5, 0.6) is 0 Å². The summed E-state index contributed by atoms with van der Waals surface area (Å²) in [5, 5.41) is 11.3. The fourth-order valence-electron chi connectivity index (χ4n) is 3.65. The van der Waals surface area contributed by atoms with Crippen molar-refractivity contribution >= 4 is 35.0 Å². The minimum absolute atomic E-state index is 0.0522. The number of rotatable bonds is 3. The number of hydrogen-bond acceptors (Lipinski definition) is 4. The number of allylic oxidation sites excluding steroid dienone is 1. The predicted molar refractivity (Wildman–Crippen MR) is 114 cm³/mol. The van der Waals surface area contributed by atoms with Gasteiger partial charge in [-0.2, -0.15) is 5.26 Å². The summed E-state index contributed by atoms with van der Waals surface area (Å²) in [5.41, 5.74) is 4.02. The number of nitrogens with zero attached hydrogens (tertiary/aromatic N) is 3. The molecule has 2 heterocycles. The topological polar surface area (TPSA) is 47.3 Å². The second-order valence-electron chi connectivity index (χ2n) is 6.94. The Labute approximate surface area is 174 Å². The summed E-state index contributed by atoms with van der Waals surface area (Å²) in [5.74, 6) is 0.559. The number of hydrogen-bond donors (Lipinski definition) is 0. The standard InChI is InChI=1S/C22H20ClN3OS/c1-2-15-3-9-18(10-4-15)25-13-26-21(27)11-19(16-5-7-17(23)8-6-16)20(12-24)22(26)28-14-25/h3-10,19H,2,11,13-14H2,1H3/t19-/m0/s1. The maximum Gasteiger partial charge on any atom is 0.229 e. The number of fused-ring (bicyclic) bond motifs is 1. The fraction of sp³-hybridized carbons (Fsp3) is 0.273. The van der Waals surface area contributed by atoms with Gasteiger partial charge in [-0.25, -0.2) is 0 Å². The molecule has 0 saturated carbocycles. The van der Waals surface area contributed by atoms with E-state index in [1.165, 1.54) is 5.56 Å². The van der Waals surface area contributed by atoms with Crippen LogP contribution < -0.4 is 4.90 Å². The zero-order valence-corrected chi connectivity index (χ0v) is 17.1. The predicted octanol–water partition coefficient (Wildman–Crippen LogP) is 5.12. The molecule has 2 aliphatic heterocycles. The van der Waals surface area contributed by atoms with Crippen LogP contribution in [0, 0.1) is 11.3 Å². The van der Waals surface area contributed by atoms with Gasteiger partial charge in [0.25, 0.3) is 0 Å². The molecule has 2 aliphatic rings. The minimum Gasteiger partial charge on any atom is -0.344 e. The Balaban J connectivity index is 1.62. The Morgan fingerprint density at radius 3 is 2.54 bits per heavy atom. The summed E-state index contributed by atoms with van der Waals surface area (Å²) >= 11 is 7.55. The molecule has 28 heavy (non-hydrogen) atoms. The van der Waals surface area contributed by atoms with Crippen LogP contribution in [-0.4, -0.2) is 23.4 Å². The van der Waals surface area contributed by atoms with Gasteiger partial charge in [0.1, 0.15) is 0 Å². The smallest absolute Gasteiger partial charge is 0.229 e. The highest BCUT2D eigenvalue weighted by molar-refractivity contribution is 8.03. The second kappa shape index (κ2) is 7.90. The van der Waals surface area contributed by atoms with Gasteiger partial charge in [-0.3, -0.25) is 9.69 Å². The van der Waals surface area contributed by atoms with Gasteiger partial charge < -0.3 is 4.90 Å². The highest BCUT2D eigenvalue weighted by Gasteiger charge is 2.38. The maximum absolute atomic E-state index is 12.9. The molecule has 4 rings (SSSR count). The van der Waals surface area contributed by atoms with Crippen LogP contribution >= 0.6 is 23.4 Å². The number of benzene rings is 2. The quantitative estimate of drug-likeness (QED) is 0.705. The van der Waals surface area contributed by atoms with Crippen molar-refractivity contribution in [1.29, 1.82) is 5.26 Å². The van der Waals surface area contributed by atoms with Crippen molar-refractivity contribution in [2.45, 2.75) is 25.7 Å².